The number of para-hydroxylation sites is 1. The van der Waals surface area contributed by atoms with Gasteiger partial charge in [-0.25, -0.2) is 14.8 Å². The van der Waals surface area contributed by atoms with Crippen molar-refractivity contribution in [3.63, 3.8) is 0 Å². The summed E-state index contributed by atoms with van der Waals surface area (Å²) in [6, 6.07) is 10.6. The zero-order valence-corrected chi connectivity index (χ0v) is 9.96. The minimum Gasteiger partial charge on any atom is -0.410 e. The molecule has 0 atom stereocenters. The molecule has 0 aliphatic heterocycles. The van der Waals surface area contributed by atoms with Crippen LogP contribution in [0.3, 0.4) is 0 Å². The lowest BCUT2D eigenvalue weighted by molar-refractivity contribution is 0.200. The molecule has 0 fully saturated rings. The van der Waals surface area contributed by atoms with E-state index in [1.54, 1.807) is 43.5 Å². The molecule has 0 saturated heterocycles. The van der Waals surface area contributed by atoms with Crippen molar-refractivity contribution < 1.29 is 9.53 Å². The fourth-order valence-electron chi connectivity index (χ4n) is 1.40. The van der Waals surface area contributed by atoms with Crippen LogP contribution in [-0.2, 0) is 6.54 Å². The van der Waals surface area contributed by atoms with Gasteiger partial charge in [0.25, 0.3) is 0 Å². The highest BCUT2D eigenvalue weighted by Crippen LogP contribution is 2.08. The molecule has 1 aromatic heterocycles. The fourth-order valence-corrected chi connectivity index (χ4v) is 1.40. The van der Waals surface area contributed by atoms with Crippen LogP contribution in [0.15, 0.2) is 42.6 Å². The highest BCUT2D eigenvalue weighted by molar-refractivity contribution is 5.70. The highest BCUT2D eigenvalue weighted by Gasteiger charge is 2.04. The van der Waals surface area contributed by atoms with Gasteiger partial charge in [0.1, 0.15) is 11.6 Å². The first-order valence-electron chi connectivity index (χ1n) is 5.53. The predicted molar refractivity (Wildman–Crippen MR) is 66.1 cm³/mol. The highest BCUT2D eigenvalue weighted by atomic mass is 16.5. The second-order valence-corrected chi connectivity index (χ2v) is 3.65. The molecule has 2 rings (SSSR count). The molecule has 1 amide bonds. The minimum atomic E-state index is -0.502. The van der Waals surface area contributed by atoms with Crippen LogP contribution in [0.4, 0.5) is 4.79 Å². The summed E-state index contributed by atoms with van der Waals surface area (Å²) in [6.07, 6.45) is 1.15. The van der Waals surface area contributed by atoms with Crippen molar-refractivity contribution in [1.82, 2.24) is 15.3 Å². The van der Waals surface area contributed by atoms with Crippen molar-refractivity contribution >= 4 is 6.09 Å². The number of carbonyl (C=O) groups excluding carboxylic acids is 1. The molecule has 2 aromatic rings. The van der Waals surface area contributed by atoms with E-state index in [4.69, 9.17) is 4.74 Å². The lowest BCUT2D eigenvalue weighted by Crippen LogP contribution is -2.26. The number of amides is 1. The molecule has 0 spiro atoms. The summed E-state index contributed by atoms with van der Waals surface area (Å²) in [5, 5.41) is 2.62. The molecule has 1 heterocycles. The van der Waals surface area contributed by atoms with E-state index >= 15 is 0 Å². The van der Waals surface area contributed by atoms with Crippen molar-refractivity contribution in [3.8, 4) is 5.75 Å². The zero-order valence-electron chi connectivity index (χ0n) is 9.96. The van der Waals surface area contributed by atoms with Gasteiger partial charge in [-0.2, -0.15) is 0 Å². The summed E-state index contributed by atoms with van der Waals surface area (Å²) < 4.78 is 5.07. The molecule has 0 aliphatic rings. The van der Waals surface area contributed by atoms with Crippen LogP contribution in [0.1, 0.15) is 11.5 Å². The first kappa shape index (κ1) is 12.0. The fraction of sp³-hybridized carbons (Fsp3) is 0.154. The number of benzene rings is 1. The van der Waals surface area contributed by atoms with Crippen molar-refractivity contribution in [2.45, 2.75) is 13.5 Å². The van der Waals surface area contributed by atoms with Crippen LogP contribution in [0.25, 0.3) is 0 Å². The molecular formula is C13H13N3O2. The maximum Gasteiger partial charge on any atom is 0.412 e. The van der Waals surface area contributed by atoms with Gasteiger partial charge in [0.15, 0.2) is 0 Å². The molecule has 0 aliphatic carbocycles. The first-order valence-corrected chi connectivity index (χ1v) is 5.53. The number of rotatable bonds is 3. The number of ether oxygens (including phenoxy) is 1. The van der Waals surface area contributed by atoms with E-state index in [0.29, 0.717) is 18.1 Å². The Bertz CT molecular complexity index is 529. The van der Waals surface area contributed by atoms with Crippen LogP contribution >= 0.6 is 0 Å². The van der Waals surface area contributed by atoms with Gasteiger partial charge < -0.3 is 10.1 Å². The van der Waals surface area contributed by atoms with Crippen molar-refractivity contribution in [3.05, 3.63) is 54.1 Å². The lowest BCUT2D eigenvalue weighted by atomic mass is 10.3. The van der Waals surface area contributed by atoms with E-state index in [1.807, 2.05) is 6.07 Å². The Morgan fingerprint density at radius 2 is 2.06 bits per heavy atom. The molecule has 18 heavy (non-hydrogen) atoms. The van der Waals surface area contributed by atoms with Gasteiger partial charge in [0.2, 0.25) is 0 Å². The number of aryl methyl sites for hydroxylation is 1. The predicted octanol–water partition coefficient (Wildman–Crippen LogP) is 2.07. The zero-order chi connectivity index (χ0) is 12.8. The number of nitrogens with zero attached hydrogens (tertiary/aromatic N) is 2. The number of aromatic nitrogens is 2. The average molecular weight is 243 g/mol. The Kier molecular flexibility index (Phi) is 3.86. The standard InChI is InChI=1S/C13H13N3O2/c1-10-14-8-7-11(16-10)9-15-13(17)18-12-5-3-2-4-6-12/h2-8H,9H2,1H3,(H,15,17). The van der Waals surface area contributed by atoms with Crippen molar-refractivity contribution in [2.24, 2.45) is 0 Å². The largest absolute Gasteiger partial charge is 0.412 e. The van der Waals surface area contributed by atoms with Gasteiger partial charge in [-0.3, -0.25) is 0 Å². The average Bonchev–Trinajstić information content (AvgIpc) is 2.38. The van der Waals surface area contributed by atoms with Crippen LogP contribution in [0, 0.1) is 6.92 Å². The third-order valence-electron chi connectivity index (χ3n) is 2.20. The van der Waals surface area contributed by atoms with Crippen molar-refractivity contribution in [2.75, 3.05) is 0 Å². The SMILES string of the molecule is Cc1nccc(CNC(=O)Oc2ccccc2)n1. The Morgan fingerprint density at radius 3 is 2.78 bits per heavy atom. The Morgan fingerprint density at radius 1 is 1.28 bits per heavy atom. The van der Waals surface area contributed by atoms with E-state index in [1.165, 1.54) is 0 Å². The summed E-state index contributed by atoms with van der Waals surface area (Å²) in [4.78, 5) is 19.6. The van der Waals surface area contributed by atoms with Gasteiger partial charge >= 0.3 is 6.09 Å². The van der Waals surface area contributed by atoms with E-state index < -0.39 is 6.09 Å². The van der Waals surface area contributed by atoms with Crippen LogP contribution < -0.4 is 10.1 Å². The van der Waals surface area contributed by atoms with E-state index in [-0.39, 0.29) is 0 Å². The summed E-state index contributed by atoms with van der Waals surface area (Å²) in [5.41, 5.74) is 0.743. The molecule has 0 radical (unpaired) electrons. The van der Waals surface area contributed by atoms with E-state index in [9.17, 15) is 4.79 Å². The van der Waals surface area contributed by atoms with Gasteiger partial charge in [0.05, 0.1) is 12.2 Å². The van der Waals surface area contributed by atoms with E-state index in [2.05, 4.69) is 15.3 Å². The smallest absolute Gasteiger partial charge is 0.410 e. The van der Waals surface area contributed by atoms with Gasteiger partial charge in [-0.05, 0) is 25.1 Å². The molecule has 1 N–H and O–H groups in total. The van der Waals surface area contributed by atoms with Gasteiger partial charge in [0, 0.05) is 6.20 Å². The quantitative estimate of drug-likeness (QED) is 0.896. The molecule has 0 bridgehead atoms. The third kappa shape index (κ3) is 3.55. The monoisotopic (exact) mass is 243 g/mol. The van der Waals surface area contributed by atoms with Crippen LogP contribution in [-0.4, -0.2) is 16.1 Å². The molecule has 92 valence electrons. The normalized spacial score (nSPS) is 9.83. The number of hydrogen-bond donors (Lipinski definition) is 1. The third-order valence-corrected chi connectivity index (χ3v) is 2.20. The molecular weight excluding hydrogens is 230 g/mol. The van der Waals surface area contributed by atoms with Gasteiger partial charge in [-0.1, -0.05) is 18.2 Å². The van der Waals surface area contributed by atoms with E-state index in [0.717, 1.165) is 5.69 Å². The summed E-state index contributed by atoms with van der Waals surface area (Å²) in [7, 11) is 0. The second kappa shape index (κ2) is 5.77. The second-order valence-electron chi connectivity index (χ2n) is 3.65. The summed E-state index contributed by atoms with van der Waals surface area (Å²) in [6.45, 7) is 2.11. The van der Waals surface area contributed by atoms with Gasteiger partial charge in [-0.15, -0.1) is 0 Å². The van der Waals surface area contributed by atoms with Crippen LogP contribution in [0.5, 0.6) is 5.75 Å². The summed E-state index contributed by atoms with van der Waals surface area (Å²) >= 11 is 0. The lowest BCUT2D eigenvalue weighted by Gasteiger charge is -2.06. The maximum absolute atomic E-state index is 11.5. The Labute approximate surface area is 105 Å². The Balaban J connectivity index is 1.85. The minimum absolute atomic E-state index is 0.315. The first-order chi connectivity index (χ1) is 8.74. The Hall–Kier alpha value is -2.43. The van der Waals surface area contributed by atoms with Crippen LogP contribution in [0.2, 0.25) is 0 Å². The molecule has 0 unspecified atom stereocenters. The molecule has 1 aromatic carbocycles. The molecule has 5 nitrogen and oxygen atoms in total. The number of nitrogens with one attached hydrogen (secondary N) is 1. The molecule has 0 saturated carbocycles. The number of hydrogen-bond acceptors (Lipinski definition) is 4. The maximum atomic E-state index is 11.5. The summed E-state index contributed by atoms with van der Waals surface area (Å²) in [5.74, 6) is 1.18. The van der Waals surface area contributed by atoms with Crippen molar-refractivity contribution in [1.29, 1.82) is 0 Å². The number of carbonyl (C=O) groups is 1. The topological polar surface area (TPSA) is 64.1 Å². The molecule has 5 heteroatoms.